The summed E-state index contributed by atoms with van der Waals surface area (Å²) in [6.07, 6.45) is 2.93. The molecular weight excluding hydrogens is 342 g/mol. The second-order valence-electron chi connectivity index (χ2n) is 6.84. The molecule has 1 aromatic carbocycles. The fourth-order valence-electron chi connectivity index (χ4n) is 4.00. The lowest BCUT2D eigenvalue weighted by Gasteiger charge is -2.29. The molecule has 2 fully saturated rings. The third kappa shape index (κ3) is 3.28. The molecule has 3 heterocycles. The van der Waals surface area contributed by atoms with Gasteiger partial charge in [-0.3, -0.25) is 19.7 Å². The lowest BCUT2D eigenvalue weighted by atomic mass is 9.88. The summed E-state index contributed by atoms with van der Waals surface area (Å²) in [5, 5.41) is 5.71. The molecule has 1 atom stereocenters. The van der Waals surface area contributed by atoms with Crippen molar-refractivity contribution in [1.29, 1.82) is 0 Å². The van der Waals surface area contributed by atoms with Gasteiger partial charge in [0.25, 0.3) is 5.91 Å². The summed E-state index contributed by atoms with van der Waals surface area (Å²) in [5.74, 6) is -0.174. The maximum atomic E-state index is 12.7. The molecule has 6 nitrogen and oxygen atoms in total. The Bertz CT molecular complexity index is 716. The number of carbonyl (C=O) groups is 3. The normalized spacial score (nSPS) is 23.9. The molecule has 0 radical (unpaired) electrons. The Hall–Kier alpha value is -1.92. The zero-order valence-electron chi connectivity index (χ0n) is 13.9. The van der Waals surface area contributed by atoms with Crippen LogP contribution in [0.5, 0.6) is 0 Å². The number of rotatable bonds is 2. The van der Waals surface area contributed by atoms with Crippen molar-refractivity contribution in [2.75, 3.05) is 13.1 Å². The summed E-state index contributed by atoms with van der Waals surface area (Å²) in [6.45, 7) is 2.52. The summed E-state index contributed by atoms with van der Waals surface area (Å²) in [4.78, 5) is 37.7. The highest BCUT2D eigenvalue weighted by Crippen LogP contribution is 2.32. The molecule has 0 spiro atoms. The van der Waals surface area contributed by atoms with E-state index in [0.29, 0.717) is 24.4 Å². The van der Waals surface area contributed by atoms with Crippen molar-refractivity contribution in [1.82, 2.24) is 15.5 Å². The van der Waals surface area contributed by atoms with Crippen LogP contribution in [0.15, 0.2) is 18.2 Å². The quantitative estimate of drug-likeness (QED) is 0.777. The van der Waals surface area contributed by atoms with Crippen molar-refractivity contribution >= 4 is 30.1 Å². The lowest BCUT2D eigenvalue weighted by molar-refractivity contribution is -0.136. The molecule has 3 amide bonds. The molecule has 0 unspecified atom stereocenters. The maximum Gasteiger partial charge on any atom is 0.255 e. The van der Waals surface area contributed by atoms with E-state index in [2.05, 4.69) is 22.8 Å². The van der Waals surface area contributed by atoms with E-state index >= 15 is 0 Å². The number of fused-ring (bicyclic) bond motifs is 1. The van der Waals surface area contributed by atoms with E-state index in [1.807, 2.05) is 6.07 Å². The highest BCUT2D eigenvalue weighted by Gasteiger charge is 2.39. The van der Waals surface area contributed by atoms with E-state index < -0.39 is 6.04 Å². The zero-order chi connectivity index (χ0) is 16.7. The smallest absolute Gasteiger partial charge is 0.255 e. The van der Waals surface area contributed by atoms with Gasteiger partial charge in [-0.25, -0.2) is 0 Å². The fraction of sp³-hybridized carbons (Fsp3) is 0.500. The predicted molar refractivity (Wildman–Crippen MR) is 94.6 cm³/mol. The zero-order valence-corrected chi connectivity index (χ0v) is 14.7. The summed E-state index contributed by atoms with van der Waals surface area (Å²) in [5.41, 5.74) is 2.98. The van der Waals surface area contributed by atoms with Crippen molar-refractivity contribution in [3.8, 4) is 0 Å². The number of hydrogen-bond donors (Lipinski definition) is 2. The van der Waals surface area contributed by atoms with Crippen LogP contribution in [0.2, 0.25) is 0 Å². The molecule has 2 saturated heterocycles. The topological polar surface area (TPSA) is 78.5 Å². The number of imide groups is 1. The lowest BCUT2D eigenvalue weighted by Crippen LogP contribution is -2.52. The number of halogens is 1. The first-order valence-electron chi connectivity index (χ1n) is 8.61. The molecule has 0 saturated carbocycles. The van der Waals surface area contributed by atoms with Crippen LogP contribution in [0.1, 0.15) is 53.1 Å². The van der Waals surface area contributed by atoms with Crippen LogP contribution in [-0.2, 0) is 16.1 Å². The second kappa shape index (κ2) is 7.14. The highest BCUT2D eigenvalue weighted by molar-refractivity contribution is 6.05. The Morgan fingerprint density at radius 3 is 2.52 bits per heavy atom. The molecular formula is C18H22ClN3O3. The van der Waals surface area contributed by atoms with E-state index in [9.17, 15) is 14.4 Å². The Balaban J connectivity index is 0.00000182. The van der Waals surface area contributed by atoms with Crippen LogP contribution >= 0.6 is 12.4 Å². The molecule has 3 aliphatic heterocycles. The Kier molecular flexibility index (Phi) is 5.11. The van der Waals surface area contributed by atoms with Crippen LogP contribution in [0, 0.1) is 0 Å². The number of amides is 3. The fourth-order valence-corrected chi connectivity index (χ4v) is 4.00. The van der Waals surface area contributed by atoms with Crippen molar-refractivity contribution < 1.29 is 14.4 Å². The van der Waals surface area contributed by atoms with E-state index in [4.69, 9.17) is 0 Å². The van der Waals surface area contributed by atoms with Crippen LogP contribution in [0.3, 0.4) is 0 Å². The Labute approximate surface area is 152 Å². The van der Waals surface area contributed by atoms with Gasteiger partial charge in [0.1, 0.15) is 6.04 Å². The minimum Gasteiger partial charge on any atom is -0.322 e. The monoisotopic (exact) mass is 363 g/mol. The first-order chi connectivity index (χ1) is 11.6. The van der Waals surface area contributed by atoms with Gasteiger partial charge in [0.2, 0.25) is 11.8 Å². The third-order valence-corrected chi connectivity index (χ3v) is 5.36. The van der Waals surface area contributed by atoms with Crippen molar-refractivity contribution in [3.05, 3.63) is 34.9 Å². The van der Waals surface area contributed by atoms with Crippen LogP contribution in [0.25, 0.3) is 0 Å². The summed E-state index contributed by atoms with van der Waals surface area (Å²) in [7, 11) is 0. The minimum atomic E-state index is -0.537. The van der Waals surface area contributed by atoms with Gasteiger partial charge in [0.15, 0.2) is 0 Å². The molecule has 4 rings (SSSR count). The SMILES string of the molecule is Cl.O=C1CC[C@H](N2Cc3cc(C4CCNCC4)ccc3C2=O)C(=O)N1. The first-order valence-corrected chi connectivity index (χ1v) is 8.61. The molecule has 25 heavy (non-hydrogen) atoms. The van der Waals surface area contributed by atoms with Gasteiger partial charge in [0, 0.05) is 18.5 Å². The maximum absolute atomic E-state index is 12.7. The van der Waals surface area contributed by atoms with Crippen LogP contribution < -0.4 is 10.6 Å². The summed E-state index contributed by atoms with van der Waals surface area (Å²) >= 11 is 0. The van der Waals surface area contributed by atoms with Gasteiger partial charge in [-0.05, 0) is 55.5 Å². The number of hydrogen-bond acceptors (Lipinski definition) is 4. The van der Waals surface area contributed by atoms with Crippen molar-refractivity contribution in [2.24, 2.45) is 0 Å². The van der Waals surface area contributed by atoms with Gasteiger partial charge in [-0.2, -0.15) is 0 Å². The van der Waals surface area contributed by atoms with Crippen molar-refractivity contribution in [2.45, 2.75) is 44.2 Å². The molecule has 1 aromatic rings. The molecule has 0 aromatic heterocycles. The number of nitrogens with one attached hydrogen (secondary N) is 2. The summed E-state index contributed by atoms with van der Waals surface area (Å²) in [6, 6.07) is 5.56. The second-order valence-corrected chi connectivity index (χ2v) is 6.84. The number of nitrogens with zero attached hydrogens (tertiary/aromatic N) is 1. The van der Waals surface area contributed by atoms with E-state index in [1.165, 1.54) is 5.56 Å². The molecule has 3 aliphatic rings. The average Bonchev–Trinajstić information content (AvgIpc) is 2.92. The van der Waals surface area contributed by atoms with Gasteiger partial charge in [-0.1, -0.05) is 12.1 Å². The number of carbonyl (C=O) groups excluding carboxylic acids is 3. The van der Waals surface area contributed by atoms with Crippen LogP contribution in [0.4, 0.5) is 0 Å². The summed E-state index contributed by atoms with van der Waals surface area (Å²) < 4.78 is 0. The van der Waals surface area contributed by atoms with Gasteiger partial charge < -0.3 is 10.2 Å². The molecule has 2 N–H and O–H groups in total. The molecule has 7 heteroatoms. The largest absolute Gasteiger partial charge is 0.322 e. The predicted octanol–water partition coefficient (Wildman–Crippen LogP) is 1.34. The molecule has 0 aliphatic carbocycles. The van der Waals surface area contributed by atoms with Gasteiger partial charge >= 0.3 is 0 Å². The van der Waals surface area contributed by atoms with E-state index in [-0.39, 0.29) is 36.5 Å². The highest BCUT2D eigenvalue weighted by atomic mass is 35.5. The van der Waals surface area contributed by atoms with E-state index in [1.54, 1.807) is 4.90 Å². The van der Waals surface area contributed by atoms with E-state index in [0.717, 1.165) is 31.5 Å². The standard InChI is InChI=1S/C18H21N3O3.ClH/c22-16-4-3-15(17(23)20-16)21-10-13-9-12(1-2-14(13)18(21)24)11-5-7-19-8-6-11;/h1-2,9,11,15,19H,3-8,10H2,(H,20,22,23);1H/t15-;/m0./s1. The van der Waals surface area contributed by atoms with Gasteiger partial charge in [0.05, 0.1) is 0 Å². The number of piperidine rings is 2. The number of benzene rings is 1. The minimum absolute atomic E-state index is 0. The molecule has 134 valence electrons. The van der Waals surface area contributed by atoms with Crippen LogP contribution in [-0.4, -0.2) is 41.8 Å². The van der Waals surface area contributed by atoms with Crippen molar-refractivity contribution in [3.63, 3.8) is 0 Å². The Morgan fingerprint density at radius 1 is 1.04 bits per heavy atom. The van der Waals surface area contributed by atoms with Gasteiger partial charge in [-0.15, -0.1) is 12.4 Å². The molecule has 0 bridgehead atoms. The third-order valence-electron chi connectivity index (χ3n) is 5.36. The Morgan fingerprint density at radius 2 is 1.80 bits per heavy atom. The average molecular weight is 364 g/mol. The first kappa shape index (κ1) is 17.9.